The number of rotatable bonds is 6. The third-order valence-electron chi connectivity index (χ3n) is 6.51. The largest absolute Gasteiger partial charge is 0.507 e. The minimum absolute atomic E-state index is 0.0566. The van der Waals surface area contributed by atoms with Crippen LogP contribution in [0.5, 0.6) is 17.2 Å². The van der Waals surface area contributed by atoms with Crippen LogP contribution in [0.15, 0.2) is 42.5 Å². The van der Waals surface area contributed by atoms with Gasteiger partial charge in [-0.2, -0.15) is 0 Å². The van der Waals surface area contributed by atoms with Gasteiger partial charge in [-0.15, -0.1) is 0 Å². The lowest BCUT2D eigenvalue weighted by atomic mass is 10.0. The lowest BCUT2D eigenvalue weighted by Crippen LogP contribution is -2.57. The minimum atomic E-state index is -0.992. The molecule has 4 amide bonds. The summed E-state index contributed by atoms with van der Waals surface area (Å²) in [5.41, 5.74) is 0.725. The van der Waals surface area contributed by atoms with E-state index in [-0.39, 0.29) is 29.6 Å². The van der Waals surface area contributed by atoms with E-state index in [9.17, 15) is 24.3 Å². The molecule has 0 unspecified atom stereocenters. The molecule has 0 aliphatic carbocycles. The highest BCUT2D eigenvalue weighted by atomic mass is 16.5. The first-order chi connectivity index (χ1) is 18.9. The lowest BCUT2D eigenvalue weighted by molar-refractivity contribution is -0.132. The molecule has 2 aliphatic heterocycles. The molecule has 0 radical (unpaired) electrons. The molecule has 0 saturated heterocycles. The molecule has 0 aromatic heterocycles. The average molecular weight is 554 g/mol. The van der Waals surface area contributed by atoms with E-state index >= 15 is 0 Å². The molecule has 2 aromatic carbocycles. The number of benzene rings is 2. The summed E-state index contributed by atoms with van der Waals surface area (Å²) in [5.74, 6) is -1.91. The molecule has 2 aromatic rings. The van der Waals surface area contributed by atoms with Crippen molar-refractivity contribution < 1.29 is 29.0 Å². The number of nitrogens with zero attached hydrogens (tertiary/aromatic N) is 1. The Labute approximate surface area is 234 Å². The quantitative estimate of drug-likeness (QED) is 0.269. The first-order valence-electron chi connectivity index (χ1n) is 13.4. The molecule has 4 bridgehead atoms. The van der Waals surface area contributed by atoms with Gasteiger partial charge in [0.15, 0.2) is 0 Å². The summed E-state index contributed by atoms with van der Waals surface area (Å²) < 4.78 is 5.88. The van der Waals surface area contributed by atoms with Gasteiger partial charge in [-0.05, 0) is 75.8 Å². The molecule has 0 saturated carbocycles. The molecule has 5 N–H and O–H groups in total. The van der Waals surface area contributed by atoms with E-state index in [1.165, 1.54) is 25.1 Å². The summed E-state index contributed by atoms with van der Waals surface area (Å²) in [6.07, 6.45) is 0.972. The number of hydrogen-bond acceptors (Lipinski definition) is 7. The maximum Gasteiger partial charge on any atom is 0.255 e. The van der Waals surface area contributed by atoms with Crippen LogP contribution in [0.4, 0.5) is 0 Å². The minimum Gasteiger partial charge on any atom is -0.507 e. The van der Waals surface area contributed by atoms with Crippen LogP contribution >= 0.6 is 0 Å². The molecule has 2 heterocycles. The zero-order valence-corrected chi connectivity index (χ0v) is 23.6. The molecule has 3 atom stereocenters. The third kappa shape index (κ3) is 8.44. The highest BCUT2D eigenvalue weighted by Crippen LogP contribution is 2.28. The number of fused-ring (bicyclic) bond motifs is 11. The number of carbonyl (C=O) groups is 4. The number of ether oxygens (including phenoxy) is 1. The SMILES string of the molecule is CC(C)[C@@H]1NC(=O)c2cc(ccc2O)Oc2ccc(cc2)C[C@@H](C(=O)NCCCN(C)C)NC(=O)[C@H](C)NC1=O. The Hall–Kier alpha value is -4.12. The van der Waals surface area contributed by atoms with E-state index in [1.54, 1.807) is 38.1 Å². The molecule has 40 heavy (non-hydrogen) atoms. The van der Waals surface area contributed by atoms with Crippen molar-refractivity contribution in [3.63, 3.8) is 0 Å². The van der Waals surface area contributed by atoms with Crippen molar-refractivity contribution in [1.82, 2.24) is 26.2 Å². The van der Waals surface area contributed by atoms with Crippen LogP contribution in [0.1, 0.15) is 43.1 Å². The number of phenolic OH excluding ortho intramolecular Hbond substituents is 1. The standard InChI is InChI=1S/C29H39N5O6/c1-17(2)25-29(39)31-18(3)26(36)32-23(28(38)30-13-6-14-34(4)5)15-19-7-9-20(10-8-19)40-21-11-12-24(35)22(16-21)27(37)33-25/h7-12,16-18,23,25,35H,6,13-15H2,1-5H3,(H,30,38)(H,31,39)(H,32,36)(H,33,37)/t18-,23-,25-/m0/s1. The molecule has 11 nitrogen and oxygen atoms in total. The van der Waals surface area contributed by atoms with Gasteiger partial charge in [0.05, 0.1) is 5.56 Å². The molecule has 216 valence electrons. The number of nitrogens with one attached hydrogen (secondary N) is 4. The van der Waals surface area contributed by atoms with Crippen LogP contribution in [0.25, 0.3) is 0 Å². The van der Waals surface area contributed by atoms with Gasteiger partial charge in [0, 0.05) is 13.0 Å². The monoisotopic (exact) mass is 553 g/mol. The number of aromatic hydroxyl groups is 1. The van der Waals surface area contributed by atoms with Gasteiger partial charge >= 0.3 is 0 Å². The van der Waals surface area contributed by atoms with Gasteiger partial charge in [0.1, 0.15) is 35.4 Å². The molecular formula is C29H39N5O6. The fourth-order valence-electron chi connectivity index (χ4n) is 4.18. The second-order valence-corrected chi connectivity index (χ2v) is 10.6. The second kappa shape index (κ2) is 13.8. The fraction of sp³-hybridized carbons (Fsp3) is 0.448. The number of amides is 4. The van der Waals surface area contributed by atoms with Crippen molar-refractivity contribution in [2.45, 2.75) is 51.7 Å². The van der Waals surface area contributed by atoms with Gasteiger partial charge in [-0.3, -0.25) is 19.2 Å². The van der Waals surface area contributed by atoms with Gasteiger partial charge in [-0.1, -0.05) is 26.0 Å². The molecule has 0 spiro atoms. The van der Waals surface area contributed by atoms with E-state index in [0.29, 0.717) is 18.0 Å². The summed E-state index contributed by atoms with van der Waals surface area (Å²) in [5, 5.41) is 21.2. The topological polar surface area (TPSA) is 149 Å². The zero-order chi connectivity index (χ0) is 29.4. The Morgan fingerprint density at radius 3 is 2.35 bits per heavy atom. The van der Waals surface area contributed by atoms with E-state index in [0.717, 1.165) is 18.5 Å². The van der Waals surface area contributed by atoms with Crippen molar-refractivity contribution in [3.05, 3.63) is 53.6 Å². The number of carbonyl (C=O) groups excluding carboxylic acids is 4. The first-order valence-corrected chi connectivity index (χ1v) is 13.4. The summed E-state index contributed by atoms with van der Waals surface area (Å²) >= 11 is 0. The van der Waals surface area contributed by atoms with Gasteiger partial charge < -0.3 is 36.0 Å². The molecule has 0 fully saturated rings. The van der Waals surface area contributed by atoms with Crippen molar-refractivity contribution >= 4 is 23.6 Å². The van der Waals surface area contributed by atoms with E-state index < -0.39 is 35.8 Å². The summed E-state index contributed by atoms with van der Waals surface area (Å²) in [6.45, 7) is 6.27. The summed E-state index contributed by atoms with van der Waals surface area (Å²) in [4.78, 5) is 54.3. The average Bonchev–Trinajstić information content (AvgIpc) is 2.90. The van der Waals surface area contributed by atoms with Crippen LogP contribution in [0, 0.1) is 5.92 Å². The number of phenols is 1. The fourth-order valence-corrected chi connectivity index (χ4v) is 4.18. The molecule has 11 heteroatoms. The Bertz CT molecular complexity index is 1210. The highest BCUT2D eigenvalue weighted by Gasteiger charge is 2.30. The summed E-state index contributed by atoms with van der Waals surface area (Å²) in [7, 11) is 3.90. The predicted molar refractivity (Wildman–Crippen MR) is 150 cm³/mol. The van der Waals surface area contributed by atoms with Gasteiger partial charge in [0.25, 0.3) is 5.91 Å². The van der Waals surface area contributed by atoms with Crippen molar-refractivity contribution in [2.75, 3.05) is 27.2 Å². The highest BCUT2D eigenvalue weighted by molar-refractivity contribution is 6.00. The van der Waals surface area contributed by atoms with Crippen molar-refractivity contribution in [2.24, 2.45) is 5.92 Å². The van der Waals surface area contributed by atoms with E-state index in [1.807, 2.05) is 19.0 Å². The molecular weight excluding hydrogens is 514 g/mol. The zero-order valence-electron chi connectivity index (χ0n) is 23.6. The molecule has 4 rings (SSSR count). The normalized spacial score (nSPS) is 20.2. The van der Waals surface area contributed by atoms with Crippen LogP contribution < -0.4 is 26.0 Å². The second-order valence-electron chi connectivity index (χ2n) is 10.6. The maximum atomic E-state index is 13.1. The lowest BCUT2D eigenvalue weighted by Gasteiger charge is -2.25. The van der Waals surface area contributed by atoms with Crippen LogP contribution in [-0.4, -0.2) is 78.9 Å². The Balaban J connectivity index is 1.92. The van der Waals surface area contributed by atoms with Crippen LogP contribution in [0.3, 0.4) is 0 Å². The first kappa shape index (κ1) is 30.4. The van der Waals surface area contributed by atoms with Gasteiger partial charge in [0.2, 0.25) is 17.7 Å². The Morgan fingerprint density at radius 1 is 1.02 bits per heavy atom. The van der Waals surface area contributed by atoms with E-state index in [4.69, 9.17) is 4.74 Å². The molecule has 2 aliphatic rings. The third-order valence-corrected chi connectivity index (χ3v) is 6.51. The maximum absolute atomic E-state index is 13.1. The van der Waals surface area contributed by atoms with Gasteiger partial charge in [-0.25, -0.2) is 0 Å². The number of hydrogen-bond donors (Lipinski definition) is 5. The van der Waals surface area contributed by atoms with Crippen LogP contribution in [-0.2, 0) is 20.8 Å². The van der Waals surface area contributed by atoms with Crippen molar-refractivity contribution in [3.8, 4) is 17.2 Å². The Morgan fingerprint density at radius 2 is 1.70 bits per heavy atom. The smallest absolute Gasteiger partial charge is 0.255 e. The van der Waals surface area contributed by atoms with E-state index in [2.05, 4.69) is 21.3 Å². The van der Waals surface area contributed by atoms with Crippen LogP contribution in [0.2, 0.25) is 0 Å². The van der Waals surface area contributed by atoms with Crippen molar-refractivity contribution in [1.29, 1.82) is 0 Å². The summed E-state index contributed by atoms with van der Waals surface area (Å²) in [6, 6.07) is 8.41. The predicted octanol–water partition coefficient (Wildman–Crippen LogP) is 1.55. The Kier molecular flexibility index (Phi) is 10.5.